The first-order chi connectivity index (χ1) is 14.0. The topological polar surface area (TPSA) is 107 Å². The SMILES string of the molecule is CC(=O)Nc1cc(-c2[nH]c3c(c2Nc2ccccc2)C(=O)C[C@H](CO)C3)ccn1. The number of nitrogens with one attached hydrogen (secondary N) is 3. The van der Waals surface area contributed by atoms with E-state index >= 15 is 0 Å². The Bertz CT molecular complexity index is 1060. The first-order valence-corrected chi connectivity index (χ1v) is 9.50. The monoisotopic (exact) mass is 390 g/mol. The zero-order valence-electron chi connectivity index (χ0n) is 16.0. The third-order valence-corrected chi connectivity index (χ3v) is 4.98. The lowest BCUT2D eigenvalue weighted by Crippen LogP contribution is -2.22. The summed E-state index contributed by atoms with van der Waals surface area (Å²) in [5.41, 5.74) is 4.55. The van der Waals surface area contributed by atoms with Crippen molar-refractivity contribution in [2.45, 2.75) is 19.8 Å². The number of benzene rings is 1. The lowest BCUT2D eigenvalue weighted by Gasteiger charge is -2.20. The van der Waals surface area contributed by atoms with E-state index in [9.17, 15) is 14.7 Å². The molecule has 7 heteroatoms. The third kappa shape index (κ3) is 3.90. The molecule has 148 valence electrons. The predicted molar refractivity (Wildman–Crippen MR) is 111 cm³/mol. The van der Waals surface area contributed by atoms with Gasteiger partial charge in [-0.2, -0.15) is 0 Å². The Labute approximate surface area is 168 Å². The number of fused-ring (bicyclic) bond motifs is 1. The molecule has 29 heavy (non-hydrogen) atoms. The minimum absolute atomic E-state index is 0.00220. The molecule has 1 aliphatic rings. The van der Waals surface area contributed by atoms with Gasteiger partial charge in [-0.05, 0) is 36.6 Å². The van der Waals surface area contributed by atoms with Gasteiger partial charge in [0.2, 0.25) is 5.91 Å². The van der Waals surface area contributed by atoms with E-state index in [0.29, 0.717) is 29.9 Å². The quantitative estimate of drug-likeness (QED) is 0.533. The fraction of sp³-hybridized carbons (Fsp3) is 0.227. The summed E-state index contributed by atoms with van der Waals surface area (Å²) in [6.07, 6.45) is 2.54. The van der Waals surface area contributed by atoms with Crippen molar-refractivity contribution in [2.24, 2.45) is 5.92 Å². The van der Waals surface area contributed by atoms with Gasteiger partial charge in [0, 0.05) is 43.1 Å². The second-order valence-corrected chi connectivity index (χ2v) is 7.21. The second kappa shape index (κ2) is 7.89. The average molecular weight is 390 g/mol. The van der Waals surface area contributed by atoms with Crippen LogP contribution >= 0.6 is 0 Å². The summed E-state index contributed by atoms with van der Waals surface area (Å²) in [6, 6.07) is 13.2. The Morgan fingerprint density at radius 2 is 2.03 bits per heavy atom. The maximum atomic E-state index is 12.9. The first kappa shape index (κ1) is 18.9. The van der Waals surface area contributed by atoms with Gasteiger partial charge in [-0.25, -0.2) is 4.98 Å². The van der Waals surface area contributed by atoms with Crippen LogP contribution in [0.3, 0.4) is 0 Å². The Balaban J connectivity index is 1.83. The smallest absolute Gasteiger partial charge is 0.222 e. The van der Waals surface area contributed by atoms with Crippen molar-refractivity contribution in [2.75, 3.05) is 17.2 Å². The number of aliphatic hydroxyl groups is 1. The number of carbonyl (C=O) groups is 2. The summed E-state index contributed by atoms with van der Waals surface area (Å²) in [7, 11) is 0. The summed E-state index contributed by atoms with van der Waals surface area (Å²) >= 11 is 0. The number of amides is 1. The zero-order valence-corrected chi connectivity index (χ0v) is 16.0. The molecule has 0 fully saturated rings. The molecule has 0 spiro atoms. The fourth-order valence-electron chi connectivity index (χ4n) is 3.71. The molecule has 4 rings (SSSR count). The molecule has 2 aromatic heterocycles. The molecule has 0 bridgehead atoms. The average Bonchev–Trinajstić information content (AvgIpc) is 3.07. The van der Waals surface area contributed by atoms with Gasteiger partial charge in [0.05, 0.1) is 16.9 Å². The van der Waals surface area contributed by atoms with Gasteiger partial charge in [-0.1, -0.05) is 18.2 Å². The Hall–Kier alpha value is -3.45. The van der Waals surface area contributed by atoms with E-state index in [1.807, 2.05) is 36.4 Å². The minimum Gasteiger partial charge on any atom is -0.396 e. The number of aliphatic hydroxyl groups excluding tert-OH is 1. The number of para-hydroxylation sites is 1. The molecule has 1 aliphatic carbocycles. The molecule has 1 atom stereocenters. The summed E-state index contributed by atoms with van der Waals surface area (Å²) < 4.78 is 0. The number of nitrogens with zero attached hydrogens (tertiary/aromatic N) is 1. The van der Waals surface area contributed by atoms with Gasteiger partial charge in [0.1, 0.15) is 5.82 Å². The number of ketones is 1. The van der Waals surface area contributed by atoms with Gasteiger partial charge in [0.25, 0.3) is 0 Å². The van der Waals surface area contributed by atoms with Crippen LogP contribution in [0.5, 0.6) is 0 Å². The molecule has 7 nitrogen and oxygen atoms in total. The number of rotatable bonds is 5. The van der Waals surface area contributed by atoms with Gasteiger partial charge in [0.15, 0.2) is 5.78 Å². The number of carbonyl (C=O) groups excluding carboxylic acids is 2. The summed E-state index contributed by atoms with van der Waals surface area (Å²) in [6.45, 7) is 1.40. The number of aromatic amines is 1. The lowest BCUT2D eigenvalue weighted by atomic mass is 9.86. The van der Waals surface area contributed by atoms with Crippen molar-refractivity contribution in [3.8, 4) is 11.3 Å². The number of aromatic nitrogens is 2. The standard InChI is InChI=1S/C22H22N4O3/c1-13(28)24-19-11-15(7-8-23-19)21-22(25-16-5-3-2-4-6-16)20-17(26-21)9-14(12-27)10-18(20)29/h2-8,11,14,25-27H,9-10,12H2,1H3,(H,23,24,28)/t14-/m1/s1. The van der Waals surface area contributed by atoms with E-state index < -0.39 is 0 Å². The molecule has 0 saturated carbocycles. The molecule has 0 radical (unpaired) electrons. The van der Waals surface area contributed by atoms with Crippen molar-refractivity contribution >= 4 is 28.9 Å². The van der Waals surface area contributed by atoms with Crippen molar-refractivity contribution in [1.82, 2.24) is 9.97 Å². The highest BCUT2D eigenvalue weighted by Crippen LogP contribution is 2.40. The lowest BCUT2D eigenvalue weighted by molar-refractivity contribution is -0.114. The van der Waals surface area contributed by atoms with Crippen LogP contribution in [0.1, 0.15) is 29.4 Å². The molecule has 1 aromatic carbocycles. The predicted octanol–water partition coefficient (Wildman–Crippen LogP) is 3.52. The zero-order chi connectivity index (χ0) is 20.4. The van der Waals surface area contributed by atoms with Crippen molar-refractivity contribution < 1.29 is 14.7 Å². The van der Waals surface area contributed by atoms with Gasteiger partial charge < -0.3 is 20.7 Å². The largest absolute Gasteiger partial charge is 0.396 e. The molecule has 0 unspecified atom stereocenters. The number of hydrogen-bond donors (Lipinski definition) is 4. The van der Waals surface area contributed by atoms with E-state index in [1.165, 1.54) is 6.92 Å². The van der Waals surface area contributed by atoms with Crippen LogP contribution < -0.4 is 10.6 Å². The third-order valence-electron chi connectivity index (χ3n) is 4.98. The first-order valence-electron chi connectivity index (χ1n) is 9.50. The molecule has 0 saturated heterocycles. The molecule has 3 aromatic rings. The second-order valence-electron chi connectivity index (χ2n) is 7.21. The van der Waals surface area contributed by atoms with Gasteiger partial charge in [-0.15, -0.1) is 0 Å². The fourth-order valence-corrected chi connectivity index (χ4v) is 3.71. The van der Waals surface area contributed by atoms with Crippen LogP contribution in [0.25, 0.3) is 11.3 Å². The van der Waals surface area contributed by atoms with Crippen LogP contribution in [0, 0.1) is 5.92 Å². The number of pyridine rings is 1. The minimum atomic E-state index is -0.205. The maximum Gasteiger partial charge on any atom is 0.222 e. The molecular weight excluding hydrogens is 368 g/mol. The number of hydrogen-bond acceptors (Lipinski definition) is 5. The van der Waals surface area contributed by atoms with Crippen molar-refractivity contribution in [3.63, 3.8) is 0 Å². The summed E-state index contributed by atoms with van der Waals surface area (Å²) in [5, 5.41) is 15.6. The highest BCUT2D eigenvalue weighted by atomic mass is 16.3. The summed E-state index contributed by atoms with van der Waals surface area (Å²) in [4.78, 5) is 31.8. The van der Waals surface area contributed by atoms with Crippen molar-refractivity contribution in [1.29, 1.82) is 0 Å². The molecule has 2 heterocycles. The summed E-state index contributed by atoms with van der Waals surface area (Å²) in [5.74, 6) is 0.151. The van der Waals surface area contributed by atoms with E-state index in [4.69, 9.17) is 0 Å². The Morgan fingerprint density at radius 3 is 2.76 bits per heavy atom. The Kier molecular flexibility index (Phi) is 5.14. The molecule has 4 N–H and O–H groups in total. The van der Waals surface area contributed by atoms with E-state index in [1.54, 1.807) is 12.3 Å². The molecule has 0 aliphatic heterocycles. The number of anilines is 3. The van der Waals surface area contributed by atoms with Crippen LogP contribution in [-0.4, -0.2) is 33.4 Å². The van der Waals surface area contributed by atoms with Crippen molar-refractivity contribution in [3.05, 3.63) is 59.9 Å². The van der Waals surface area contributed by atoms with Crippen LogP contribution in [0.4, 0.5) is 17.2 Å². The van der Waals surface area contributed by atoms with Gasteiger partial charge >= 0.3 is 0 Å². The van der Waals surface area contributed by atoms with Crippen LogP contribution in [0.15, 0.2) is 48.7 Å². The van der Waals surface area contributed by atoms with Crippen LogP contribution in [0.2, 0.25) is 0 Å². The maximum absolute atomic E-state index is 12.9. The van der Waals surface area contributed by atoms with E-state index in [-0.39, 0.29) is 24.2 Å². The molecule has 1 amide bonds. The molecular formula is C22H22N4O3. The number of Topliss-reactive ketones (excluding diaryl/α,β-unsaturated/α-hetero) is 1. The van der Waals surface area contributed by atoms with E-state index in [2.05, 4.69) is 20.6 Å². The van der Waals surface area contributed by atoms with Crippen LogP contribution in [-0.2, 0) is 11.2 Å². The van der Waals surface area contributed by atoms with Gasteiger partial charge in [-0.3, -0.25) is 9.59 Å². The van der Waals surface area contributed by atoms with E-state index in [0.717, 1.165) is 22.6 Å². The normalized spacial score (nSPS) is 15.7. The Morgan fingerprint density at radius 1 is 1.24 bits per heavy atom. The highest BCUT2D eigenvalue weighted by Gasteiger charge is 2.31. The number of H-pyrrole nitrogens is 1. The highest BCUT2D eigenvalue weighted by molar-refractivity contribution is 6.07.